The number of hydrogen-bond acceptors (Lipinski definition) is 7. The summed E-state index contributed by atoms with van der Waals surface area (Å²) in [7, 11) is 0. The first-order valence-electron chi connectivity index (χ1n) is 9.98. The van der Waals surface area contributed by atoms with Gasteiger partial charge >= 0.3 is 5.97 Å². The number of anilines is 1. The first-order valence-corrected chi connectivity index (χ1v) is 11.0. The molecule has 3 N–H and O–H groups in total. The fourth-order valence-electron chi connectivity index (χ4n) is 3.36. The number of hydrogen-bond donors (Lipinski definition) is 2. The zero-order valence-corrected chi connectivity index (χ0v) is 17.4. The van der Waals surface area contributed by atoms with Crippen LogP contribution < -0.4 is 11.2 Å². The Kier molecular flexibility index (Phi) is 7.51. The van der Waals surface area contributed by atoms with Crippen LogP contribution in [0.3, 0.4) is 0 Å². The minimum Gasteiger partial charge on any atom is -0.462 e. The van der Waals surface area contributed by atoms with Crippen molar-refractivity contribution in [1.82, 2.24) is 14.9 Å². The summed E-state index contributed by atoms with van der Waals surface area (Å²) in [5.74, 6) is 6.83. The number of carbonyl (C=O) groups is 2. The van der Waals surface area contributed by atoms with Gasteiger partial charge in [0.1, 0.15) is 0 Å². The molecule has 3 rings (SSSR count). The Bertz CT molecular complexity index is 848. The Morgan fingerprint density at radius 3 is 2.83 bits per heavy atom. The number of amides is 1. The van der Waals surface area contributed by atoms with E-state index in [1.807, 2.05) is 6.92 Å². The van der Waals surface area contributed by atoms with E-state index in [0.717, 1.165) is 25.1 Å². The third kappa shape index (κ3) is 5.72. The van der Waals surface area contributed by atoms with Crippen LogP contribution in [0.5, 0.6) is 0 Å². The Hall–Kier alpha value is -2.55. The standard InChI is InChI=1S/C20H27N5O3S/c1-2-11-28-19(27)15-9-6-10-16(12-15)22-17(26)13-29-20-24-23-18(25(20)21)14-7-4-3-5-8-14/h6,9-10,12,14H,2-5,7-8,11,13,21H2,1H3,(H,22,26). The smallest absolute Gasteiger partial charge is 0.338 e. The summed E-state index contributed by atoms with van der Waals surface area (Å²) in [6.45, 7) is 2.30. The number of esters is 1. The zero-order valence-electron chi connectivity index (χ0n) is 16.6. The van der Waals surface area contributed by atoms with Crippen molar-refractivity contribution in [2.75, 3.05) is 23.5 Å². The molecule has 1 amide bonds. The number of carbonyl (C=O) groups excluding carboxylic acids is 2. The van der Waals surface area contributed by atoms with Crippen LogP contribution in [0, 0.1) is 0 Å². The molecule has 0 saturated heterocycles. The number of thioether (sulfide) groups is 1. The molecular formula is C20H27N5O3S. The molecule has 1 aliphatic carbocycles. The molecule has 0 unspecified atom stereocenters. The second-order valence-electron chi connectivity index (χ2n) is 7.10. The van der Waals surface area contributed by atoms with Crippen LogP contribution in [0.4, 0.5) is 5.69 Å². The molecule has 0 spiro atoms. The van der Waals surface area contributed by atoms with Crippen molar-refractivity contribution in [3.63, 3.8) is 0 Å². The van der Waals surface area contributed by atoms with Crippen LogP contribution in [-0.4, -0.2) is 39.1 Å². The van der Waals surface area contributed by atoms with E-state index in [1.165, 1.54) is 35.7 Å². The summed E-state index contributed by atoms with van der Waals surface area (Å²) in [6.07, 6.45) is 6.55. The molecule has 0 atom stereocenters. The van der Waals surface area contributed by atoms with Gasteiger partial charge in [-0.15, -0.1) is 10.2 Å². The lowest BCUT2D eigenvalue weighted by atomic mass is 9.89. The molecule has 1 aromatic heterocycles. The van der Waals surface area contributed by atoms with Crippen molar-refractivity contribution in [3.8, 4) is 0 Å². The Morgan fingerprint density at radius 1 is 1.28 bits per heavy atom. The van der Waals surface area contributed by atoms with E-state index in [9.17, 15) is 9.59 Å². The average Bonchev–Trinajstić information content (AvgIpc) is 3.11. The van der Waals surface area contributed by atoms with Crippen LogP contribution in [0.15, 0.2) is 29.4 Å². The second kappa shape index (κ2) is 10.3. The minimum absolute atomic E-state index is 0.143. The quantitative estimate of drug-likeness (QED) is 0.385. The Balaban J connectivity index is 1.54. The van der Waals surface area contributed by atoms with E-state index in [1.54, 1.807) is 24.3 Å². The lowest BCUT2D eigenvalue weighted by molar-refractivity contribution is -0.113. The Labute approximate surface area is 174 Å². The number of nitrogen functional groups attached to an aromatic ring is 1. The molecule has 1 aromatic carbocycles. The van der Waals surface area contributed by atoms with E-state index in [0.29, 0.717) is 28.9 Å². The summed E-state index contributed by atoms with van der Waals surface area (Å²) in [6, 6.07) is 6.70. The number of ether oxygens (including phenoxy) is 1. The molecule has 8 nitrogen and oxygen atoms in total. The van der Waals surface area contributed by atoms with Crippen LogP contribution >= 0.6 is 11.8 Å². The number of rotatable bonds is 8. The van der Waals surface area contributed by atoms with E-state index in [2.05, 4.69) is 15.5 Å². The normalized spacial score (nSPS) is 14.5. The summed E-state index contributed by atoms with van der Waals surface area (Å²) in [4.78, 5) is 24.3. The van der Waals surface area contributed by atoms with Crippen molar-refractivity contribution in [2.24, 2.45) is 0 Å². The second-order valence-corrected chi connectivity index (χ2v) is 8.04. The van der Waals surface area contributed by atoms with E-state index < -0.39 is 5.97 Å². The number of nitrogens with zero attached hydrogens (tertiary/aromatic N) is 3. The molecule has 2 aromatic rings. The van der Waals surface area contributed by atoms with Gasteiger partial charge in [0.15, 0.2) is 5.82 Å². The molecule has 1 heterocycles. The minimum atomic E-state index is -0.399. The first-order chi connectivity index (χ1) is 14.1. The molecule has 1 aliphatic rings. The molecule has 29 heavy (non-hydrogen) atoms. The Morgan fingerprint density at radius 2 is 2.07 bits per heavy atom. The fourth-order valence-corrected chi connectivity index (χ4v) is 4.02. The summed E-state index contributed by atoms with van der Waals surface area (Å²) < 4.78 is 6.63. The molecule has 1 saturated carbocycles. The van der Waals surface area contributed by atoms with Gasteiger partial charge < -0.3 is 15.9 Å². The van der Waals surface area contributed by atoms with Gasteiger partial charge in [0, 0.05) is 11.6 Å². The first kappa shape index (κ1) is 21.2. The predicted octanol–water partition coefficient (Wildman–Crippen LogP) is 3.34. The molecule has 0 bridgehead atoms. The number of nitrogens with one attached hydrogen (secondary N) is 1. The van der Waals surface area contributed by atoms with Crippen molar-refractivity contribution in [1.29, 1.82) is 0 Å². The predicted molar refractivity (Wildman–Crippen MR) is 112 cm³/mol. The van der Waals surface area contributed by atoms with Gasteiger partial charge in [0.25, 0.3) is 0 Å². The van der Waals surface area contributed by atoms with Crippen molar-refractivity contribution < 1.29 is 14.3 Å². The highest BCUT2D eigenvalue weighted by molar-refractivity contribution is 7.99. The van der Waals surface area contributed by atoms with Gasteiger partial charge in [-0.1, -0.05) is 44.0 Å². The lowest BCUT2D eigenvalue weighted by Crippen LogP contribution is -2.20. The van der Waals surface area contributed by atoms with Crippen molar-refractivity contribution >= 4 is 29.3 Å². The van der Waals surface area contributed by atoms with E-state index in [4.69, 9.17) is 10.6 Å². The average molecular weight is 418 g/mol. The topological polar surface area (TPSA) is 112 Å². The van der Waals surface area contributed by atoms with Gasteiger partial charge in [-0.2, -0.15) is 0 Å². The maximum Gasteiger partial charge on any atom is 0.338 e. The maximum atomic E-state index is 12.3. The fraction of sp³-hybridized carbons (Fsp3) is 0.500. The molecule has 1 fully saturated rings. The third-order valence-electron chi connectivity index (χ3n) is 4.81. The lowest BCUT2D eigenvalue weighted by Gasteiger charge is -2.20. The number of aromatic nitrogens is 3. The van der Waals surface area contributed by atoms with E-state index >= 15 is 0 Å². The van der Waals surface area contributed by atoms with Gasteiger partial charge in [0.2, 0.25) is 11.1 Å². The van der Waals surface area contributed by atoms with Gasteiger partial charge in [-0.05, 0) is 37.5 Å². The monoisotopic (exact) mass is 417 g/mol. The highest BCUT2D eigenvalue weighted by atomic mass is 32.2. The molecule has 0 aliphatic heterocycles. The van der Waals surface area contributed by atoms with Gasteiger partial charge in [-0.3, -0.25) is 4.79 Å². The van der Waals surface area contributed by atoms with Crippen LogP contribution in [0.2, 0.25) is 0 Å². The SMILES string of the molecule is CCCOC(=O)c1cccc(NC(=O)CSc2nnc(C3CCCCC3)n2N)c1. The number of benzene rings is 1. The van der Waals surface area contributed by atoms with Crippen LogP contribution in [0.25, 0.3) is 0 Å². The largest absolute Gasteiger partial charge is 0.462 e. The van der Waals surface area contributed by atoms with Crippen molar-refractivity contribution in [3.05, 3.63) is 35.7 Å². The maximum absolute atomic E-state index is 12.3. The summed E-state index contributed by atoms with van der Waals surface area (Å²) in [5, 5.41) is 11.7. The number of nitrogens with two attached hydrogens (primary N) is 1. The summed E-state index contributed by atoms with van der Waals surface area (Å²) >= 11 is 1.24. The van der Waals surface area contributed by atoms with Gasteiger partial charge in [0.05, 0.1) is 17.9 Å². The third-order valence-corrected chi connectivity index (χ3v) is 5.76. The van der Waals surface area contributed by atoms with Crippen molar-refractivity contribution in [2.45, 2.75) is 56.5 Å². The van der Waals surface area contributed by atoms with E-state index in [-0.39, 0.29) is 11.7 Å². The summed E-state index contributed by atoms with van der Waals surface area (Å²) in [5.41, 5.74) is 0.946. The van der Waals surface area contributed by atoms with Crippen LogP contribution in [0.1, 0.15) is 67.5 Å². The zero-order chi connectivity index (χ0) is 20.6. The highest BCUT2D eigenvalue weighted by Crippen LogP contribution is 2.32. The molecular weight excluding hydrogens is 390 g/mol. The molecule has 0 radical (unpaired) electrons. The highest BCUT2D eigenvalue weighted by Gasteiger charge is 2.22. The van der Waals surface area contributed by atoms with Crippen LogP contribution in [-0.2, 0) is 9.53 Å². The molecule has 9 heteroatoms. The van der Waals surface area contributed by atoms with Gasteiger partial charge in [-0.25, -0.2) is 9.47 Å². The molecule has 156 valence electrons.